The number of aryl methyl sites for hydroxylation is 2. The van der Waals surface area contributed by atoms with Crippen molar-refractivity contribution in [3.05, 3.63) is 29.3 Å². The highest BCUT2D eigenvalue weighted by molar-refractivity contribution is 5.56. The molecule has 88 valence electrons. The smallest absolute Gasteiger partial charge is 0.0399 e. The van der Waals surface area contributed by atoms with Crippen molar-refractivity contribution >= 4 is 5.69 Å². The van der Waals surface area contributed by atoms with Gasteiger partial charge in [-0.25, -0.2) is 0 Å². The van der Waals surface area contributed by atoms with Gasteiger partial charge >= 0.3 is 0 Å². The van der Waals surface area contributed by atoms with Crippen LogP contribution in [0.1, 0.15) is 43.2 Å². The standard InChI is InChI=1S/C15H23N/c1-12-7-6-8-13(2)15(12)16-11-14-9-4-3-5-10-14/h6-8,14,16H,3-5,9-11H2,1-2H3. The second kappa shape index (κ2) is 5.38. The Morgan fingerprint density at radius 3 is 2.31 bits per heavy atom. The lowest BCUT2D eigenvalue weighted by Gasteiger charge is -2.23. The van der Waals surface area contributed by atoms with E-state index in [9.17, 15) is 0 Å². The summed E-state index contributed by atoms with van der Waals surface area (Å²) in [6.45, 7) is 5.54. The lowest BCUT2D eigenvalue weighted by atomic mass is 9.89. The molecule has 1 aromatic rings. The lowest BCUT2D eigenvalue weighted by molar-refractivity contribution is 0.373. The second-order valence-corrected chi connectivity index (χ2v) is 5.15. The molecule has 2 rings (SSSR count). The zero-order valence-electron chi connectivity index (χ0n) is 10.6. The summed E-state index contributed by atoms with van der Waals surface area (Å²) >= 11 is 0. The Balaban J connectivity index is 1.93. The van der Waals surface area contributed by atoms with Crippen molar-refractivity contribution < 1.29 is 0 Å². The summed E-state index contributed by atoms with van der Waals surface area (Å²) < 4.78 is 0. The van der Waals surface area contributed by atoms with Gasteiger partial charge < -0.3 is 5.32 Å². The van der Waals surface area contributed by atoms with Gasteiger partial charge in [-0.3, -0.25) is 0 Å². The van der Waals surface area contributed by atoms with E-state index in [1.807, 2.05) is 0 Å². The van der Waals surface area contributed by atoms with E-state index in [1.54, 1.807) is 0 Å². The number of anilines is 1. The summed E-state index contributed by atoms with van der Waals surface area (Å²) in [5, 5.41) is 3.65. The maximum Gasteiger partial charge on any atom is 0.0399 e. The molecule has 0 radical (unpaired) electrons. The number of hydrogen-bond acceptors (Lipinski definition) is 1. The van der Waals surface area contributed by atoms with Gasteiger partial charge in [0.25, 0.3) is 0 Å². The molecule has 1 aliphatic carbocycles. The van der Waals surface area contributed by atoms with Crippen LogP contribution in [-0.4, -0.2) is 6.54 Å². The Morgan fingerprint density at radius 1 is 1.06 bits per heavy atom. The number of para-hydroxylation sites is 1. The fourth-order valence-corrected chi connectivity index (χ4v) is 2.73. The van der Waals surface area contributed by atoms with E-state index in [0.717, 1.165) is 12.5 Å². The molecule has 0 spiro atoms. The molecule has 0 heterocycles. The highest BCUT2D eigenvalue weighted by Gasteiger charge is 2.13. The first-order chi connectivity index (χ1) is 7.77. The molecule has 0 aliphatic heterocycles. The van der Waals surface area contributed by atoms with Crippen LogP contribution in [0.25, 0.3) is 0 Å². The molecule has 1 aromatic carbocycles. The fourth-order valence-electron chi connectivity index (χ4n) is 2.73. The van der Waals surface area contributed by atoms with Gasteiger partial charge in [0.05, 0.1) is 0 Å². The van der Waals surface area contributed by atoms with Crippen LogP contribution in [-0.2, 0) is 0 Å². The second-order valence-electron chi connectivity index (χ2n) is 5.15. The topological polar surface area (TPSA) is 12.0 Å². The zero-order valence-corrected chi connectivity index (χ0v) is 10.6. The maximum absolute atomic E-state index is 3.65. The summed E-state index contributed by atoms with van der Waals surface area (Å²) in [6, 6.07) is 6.52. The van der Waals surface area contributed by atoms with Crippen LogP contribution in [0.15, 0.2) is 18.2 Å². The van der Waals surface area contributed by atoms with E-state index < -0.39 is 0 Å². The van der Waals surface area contributed by atoms with Crippen LogP contribution >= 0.6 is 0 Å². The van der Waals surface area contributed by atoms with Crippen molar-refractivity contribution in [2.45, 2.75) is 46.0 Å². The zero-order chi connectivity index (χ0) is 11.4. The first-order valence-corrected chi connectivity index (χ1v) is 6.57. The molecular weight excluding hydrogens is 194 g/mol. The van der Waals surface area contributed by atoms with Gasteiger partial charge in [-0.2, -0.15) is 0 Å². The summed E-state index contributed by atoms with van der Waals surface area (Å²) in [5.74, 6) is 0.896. The van der Waals surface area contributed by atoms with E-state index in [0.29, 0.717) is 0 Å². The van der Waals surface area contributed by atoms with Gasteiger partial charge in [0.15, 0.2) is 0 Å². The number of hydrogen-bond donors (Lipinski definition) is 1. The van der Waals surface area contributed by atoms with E-state index >= 15 is 0 Å². The molecule has 0 bridgehead atoms. The number of benzene rings is 1. The lowest BCUT2D eigenvalue weighted by Crippen LogP contribution is -2.17. The van der Waals surface area contributed by atoms with Gasteiger partial charge in [0.1, 0.15) is 0 Å². The quantitative estimate of drug-likeness (QED) is 0.796. The molecule has 0 unspecified atom stereocenters. The van der Waals surface area contributed by atoms with Crippen molar-refractivity contribution in [1.82, 2.24) is 0 Å². The average Bonchev–Trinajstić information content (AvgIpc) is 2.30. The third-order valence-corrected chi connectivity index (χ3v) is 3.77. The van der Waals surface area contributed by atoms with E-state index in [1.165, 1.54) is 48.9 Å². The average molecular weight is 217 g/mol. The Morgan fingerprint density at radius 2 is 1.69 bits per heavy atom. The molecule has 0 amide bonds. The largest absolute Gasteiger partial charge is 0.384 e. The maximum atomic E-state index is 3.65. The van der Waals surface area contributed by atoms with Crippen LogP contribution in [0.2, 0.25) is 0 Å². The number of nitrogens with one attached hydrogen (secondary N) is 1. The molecule has 0 atom stereocenters. The van der Waals surface area contributed by atoms with Gasteiger partial charge in [-0.05, 0) is 43.7 Å². The molecule has 0 aromatic heterocycles. The number of rotatable bonds is 3. The third-order valence-electron chi connectivity index (χ3n) is 3.77. The SMILES string of the molecule is Cc1cccc(C)c1NCC1CCCCC1. The van der Waals surface area contributed by atoms with Crippen molar-refractivity contribution in [3.8, 4) is 0 Å². The van der Waals surface area contributed by atoms with E-state index in [-0.39, 0.29) is 0 Å². The summed E-state index contributed by atoms with van der Waals surface area (Å²) in [6.07, 6.45) is 7.13. The van der Waals surface area contributed by atoms with Crippen molar-refractivity contribution in [2.24, 2.45) is 5.92 Å². The fraction of sp³-hybridized carbons (Fsp3) is 0.600. The van der Waals surface area contributed by atoms with Crippen molar-refractivity contribution in [1.29, 1.82) is 0 Å². The van der Waals surface area contributed by atoms with E-state index in [2.05, 4.69) is 37.4 Å². The van der Waals surface area contributed by atoms with Crippen molar-refractivity contribution in [2.75, 3.05) is 11.9 Å². The summed E-state index contributed by atoms with van der Waals surface area (Å²) in [7, 11) is 0. The van der Waals surface area contributed by atoms with Crippen LogP contribution < -0.4 is 5.32 Å². The minimum absolute atomic E-state index is 0.896. The van der Waals surface area contributed by atoms with Gasteiger partial charge in [-0.15, -0.1) is 0 Å². The molecule has 1 fully saturated rings. The molecule has 1 N–H and O–H groups in total. The van der Waals surface area contributed by atoms with Crippen LogP contribution in [0.3, 0.4) is 0 Å². The monoisotopic (exact) mass is 217 g/mol. The predicted molar refractivity (Wildman–Crippen MR) is 71.0 cm³/mol. The van der Waals surface area contributed by atoms with Crippen LogP contribution in [0, 0.1) is 19.8 Å². The molecule has 0 saturated heterocycles. The molecule has 1 heteroatoms. The summed E-state index contributed by atoms with van der Waals surface area (Å²) in [5.41, 5.74) is 4.10. The molecule has 1 aliphatic rings. The highest BCUT2D eigenvalue weighted by Crippen LogP contribution is 2.25. The summed E-state index contributed by atoms with van der Waals surface area (Å²) in [4.78, 5) is 0. The first-order valence-electron chi connectivity index (χ1n) is 6.57. The Kier molecular flexibility index (Phi) is 3.87. The molecular formula is C15H23N. The van der Waals surface area contributed by atoms with Gasteiger partial charge in [0.2, 0.25) is 0 Å². The van der Waals surface area contributed by atoms with E-state index in [4.69, 9.17) is 0 Å². The van der Waals surface area contributed by atoms with Crippen molar-refractivity contribution in [3.63, 3.8) is 0 Å². The highest BCUT2D eigenvalue weighted by atomic mass is 14.9. The normalized spacial score (nSPS) is 17.4. The third kappa shape index (κ3) is 2.78. The Bertz CT molecular complexity index is 317. The minimum Gasteiger partial charge on any atom is -0.384 e. The molecule has 1 nitrogen and oxygen atoms in total. The Hall–Kier alpha value is -0.980. The van der Waals surface area contributed by atoms with Gasteiger partial charge in [-0.1, -0.05) is 37.5 Å². The minimum atomic E-state index is 0.896. The molecule has 1 saturated carbocycles. The molecule has 16 heavy (non-hydrogen) atoms. The van der Waals surface area contributed by atoms with Crippen LogP contribution in [0.4, 0.5) is 5.69 Å². The van der Waals surface area contributed by atoms with Gasteiger partial charge in [0, 0.05) is 12.2 Å². The van der Waals surface area contributed by atoms with Crippen LogP contribution in [0.5, 0.6) is 0 Å². The predicted octanol–water partition coefficient (Wildman–Crippen LogP) is 4.30. The first kappa shape index (κ1) is 11.5. The Labute approximate surface area is 99.3 Å².